The van der Waals surface area contributed by atoms with E-state index in [1.807, 2.05) is 0 Å². The highest BCUT2D eigenvalue weighted by Crippen LogP contribution is 2.23. The molecule has 1 aromatic carbocycles. The molecule has 8 heteroatoms. The van der Waals surface area contributed by atoms with Gasteiger partial charge in [-0.25, -0.2) is 13.2 Å². The van der Waals surface area contributed by atoms with Crippen LogP contribution in [0.25, 0.3) is 0 Å². The van der Waals surface area contributed by atoms with E-state index in [9.17, 15) is 22.8 Å². The molecule has 1 N–H and O–H groups in total. The third-order valence-electron chi connectivity index (χ3n) is 2.78. The standard InChI is InChI=1S/C14H10O7S/c15-11(7-12(16)14(17)18)9-6-13(21-8-9)22(19,20)10-4-2-1-3-5-10/h1-6,8H,7H2,(H,17,18). The Labute approximate surface area is 125 Å². The van der Waals surface area contributed by atoms with Crippen LogP contribution in [0, 0.1) is 0 Å². The Morgan fingerprint density at radius 1 is 1.09 bits per heavy atom. The third-order valence-corrected chi connectivity index (χ3v) is 4.41. The van der Waals surface area contributed by atoms with Gasteiger partial charge in [-0.3, -0.25) is 9.59 Å². The largest absolute Gasteiger partial charge is 0.475 e. The fourth-order valence-corrected chi connectivity index (χ4v) is 2.85. The second-order valence-electron chi connectivity index (χ2n) is 4.30. The van der Waals surface area contributed by atoms with E-state index in [1.165, 1.54) is 24.3 Å². The minimum absolute atomic E-state index is 0.00930. The molecule has 0 saturated carbocycles. The minimum atomic E-state index is -3.92. The SMILES string of the molecule is O=C(O)C(=O)CC(=O)c1coc(S(=O)(=O)c2ccccc2)c1. The van der Waals surface area contributed by atoms with Gasteiger partial charge in [-0.05, 0) is 12.1 Å². The predicted molar refractivity (Wildman–Crippen MR) is 72.2 cm³/mol. The van der Waals surface area contributed by atoms with Crippen LogP contribution in [-0.4, -0.2) is 31.1 Å². The van der Waals surface area contributed by atoms with Crippen LogP contribution in [-0.2, 0) is 19.4 Å². The second-order valence-corrected chi connectivity index (χ2v) is 6.18. The van der Waals surface area contributed by atoms with Gasteiger partial charge in [-0.1, -0.05) is 18.2 Å². The van der Waals surface area contributed by atoms with Gasteiger partial charge < -0.3 is 9.52 Å². The van der Waals surface area contributed by atoms with Gasteiger partial charge >= 0.3 is 5.97 Å². The molecule has 2 aromatic rings. The van der Waals surface area contributed by atoms with E-state index >= 15 is 0 Å². The molecule has 0 aliphatic rings. The molecule has 0 saturated heterocycles. The molecule has 1 heterocycles. The number of ketones is 2. The van der Waals surface area contributed by atoms with Crippen molar-refractivity contribution in [3.05, 3.63) is 48.2 Å². The molecule has 114 valence electrons. The van der Waals surface area contributed by atoms with Crippen molar-refractivity contribution < 1.29 is 32.3 Å². The number of carbonyl (C=O) groups excluding carboxylic acids is 2. The van der Waals surface area contributed by atoms with E-state index in [0.717, 1.165) is 12.3 Å². The highest BCUT2D eigenvalue weighted by atomic mass is 32.2. The maximum Gasteiger partial charge on any atom is 0.372 e. The van der Waals surface area contributed by atoms with Crippen LogP contribution in [0.15, 0.2) is 57.1 Å². The number of benzene rings is 1. The van der Waals surface area contributed by atoms with E-state index in [0.29, 0.717) is 0 Å². The van der Waals surface area contributed by atoms with Crippen molar-refractivity contribution in [2.45, 2.75) is 16.4 Å². The molecule has 0 unspecified atom stereocenters. The molecule has 0 aliphatic heterocycles. The molecule has 0 atom stereocenters. The first-order chi connectivity index (χ1) is 10.3. The summed E-state index contributed by atoms with van der Waals surface area (Å²) < 4.78 is 29.3. The number of carboxylic acid groups (broad SMARTS) is 1. The monoisotopic (exact) mass is 322 g/mol. The van der Waals surface area contributed by atoms with Crippen molar-refractivity contribution in [2.75, 3.05) is 0 Å². The molecule has 0 amide bonds. The number of Topliss-reactive ketones (excluding diaryl/α,β-unsaturated/α-hetero) is 2. The number of hydrogen-bond donors (Lipinski definition) is 1. The summed E-state index contributed by atoms with van der Waals surface area (Å²) in [7, 11) is -3.92. The van der Waals surface area contributed by atoms with Crippen LogP contribution in [0.3, 0.4) is 0 Å². The summed E-state index contributed by atoms with van der Waals surface area (Å²) in [4.78, 5) is 33.1. The summed E-state index contributed by atoms with van der Waals surface area (Å²) in [6.07, 6.45) is 0.0208. The highest BCUT2D eigenvalue weighted by molar-refractivity contribution is 7.91. The lowest BCUT2D eigenvalue weighted by Crippen LogP contribution is -2.16. The molecule has 2 rings (SSSR count). The zero-order chi connectivity index (χ0) is 16.3. The van der Waals surface area contributed by atoms with Crippen molar-refractivity contribution in [3.63, 3.8) is 0 Å². The molecule has 0 spiro atoms. The van der Waals surface area contributed by atoms with E-state index in [4.69, 9.17) is 9.52 Å². The Morgan fingerprint density at radius 3 is 2.32 bits per heavy atom. The highest BCUT2D eigenvalue weighted by Gasteiger charge is 2.25. The van der Waals surface area contributed by atoms with Crippen molar-refractivity contribution in [1.29, 1.82) is 0 Å². The lowest BCUT2D eigenvalue weighted by Gasteiger charge is -1.99. The van der Waals surface area contributed by atoms with Crippen LogP contribution in [0.5, 0.6) is 0 Å². The Bertz CT molecular complexity index is 831. The minimum Gasteiger partial charge on any atom is -0.475 e. The van der Waals surface area contributed by atoms with Crippen molar-refractivity contribution >= 4 is 27.4 Å². The second kappa shape index (κ2) is 5.94. The molecule has 0 radical (unpaired) electrons. The first-order valence-electron chi connectivity index (χ1n) is 6.00. The number of hydrogen-bond acceptors (Lipinski definition) is 6. The Hall–Kier alpha value is -2.74. The summed E-state index contributed by atoms with van der Waals surface area (Å²) >= 11 is 0. The topological polar surface area (TPSA) is 119 Å². The third kappa shape index (κ3) is 3.12. The lowest BCUT2D eigenvalue weighted by molar-refractivity contribution is -0.148. The molecular weight excluding hydrogens is 312 g/mol. The average molecular weight is 322 g/mol. The number of carboxylic acids is 1. The first-order valence-corrected chi connectivity index (χ1v) is 7.48. The molecule has 1 aromatic heterocycles. The van der Waals surface area contributed by atoms with Gasteiger partial charge in [0.15, 0.2) is 5.78 Å². The summed E-state index contributed by atoms with van der Waals surface area (Å²) in [6, 6.07) is 8.43. The zero-order valence-electron chi connectivity index (χ0n) is 11.1. The van der Waals surface area contributed by atoms with Gasteiger partial charge in [0.2, 0.25) is 20.7 Å². The fraction of sp³-hybridized carbons (Fsp3) is 0.0714. The van der Waals surface area contributed by atoms with Crippen molar-refractivity contribution in [2.24, 2.45) is 0 Å². The number of rotatable bonds is 6. The van der Waals surface area contributed by atoms with Crippen LogP contribution in [0.2, 0.25) is 0 Å². The van der Waals surface area contributed by atoms with Crippen LogP contribution < -0.4 is 0 Å². The molecule has 7 nitrogen and oxygen atoms in total. The smallest absolute Gasteiger partial charge is 0.372 e. The van der Waals surface area contributed by atoms with Gasteiger partial charge in [-0.15, -0.1) is 0 Å². The number of aliphatic carboxylic acids is 1. The van der Waals surface area contributed by atoms with Crippen molar-refractivity contribution in [3.8, 4) is 0 Å². The van der Waals surface area contributed by atoms with Crippen LogP contribution in [0.1, 0.15) is 16.8 Å². The maximum absolute atomic E-state index is 12.2. The maximum atomic E-state index is 12.2. The van der Waals surface area contributed by atoms with Crippen molar-refractivity contribution in [1.82, 2.24) is 0 Å². The summed E-state index contributed by atoms with van der Waals surface area (Å²) in [6.45, 7) is 0. The normalized spacial score (nSPS) is 11.1. The number of furan rings is 1. The van der Waals surface area contributed by atoms with Gasteiger partial charge in [0.25, 0.3) is 0 Å². The van der Waals surface area contributed by atoms with Crippen LogP contribution in [0.4, 0.5) is 0 Å². The summed E-state index contributed by atoms with van der Waals surface area (Å²) in [5.74, 6) is -3.83. The Morgan fingerprint density at radius 2 is 1.73 bits per heavy atom. The summed E-state index contributed by atoms with van der Waals surface area (Å²) in [5, 5.41) is 7.99. The Balaban J connectivity index is 2.27. The predicted octanol–water partition coefficient (Wildman–Crippen LogP) is 1.34. The zero-order valence-corrected chi connectivity index (χ0v) is 11.9. The Kier molecular flexibility index (Phi) is 4.22. The van der Waals surface area contributed by atoms with Gasteiger partial charge in [0.05, 0.1) is 16.9 Å². The van der Waals surface area contributed by atoms with E-state index in [1.54, 1.807) is 6.07 Å². The van der Waals surface area contributed by atoms with E-state index in [-0.39, 0.29) is 10.5 Å². The van der Waals surface area contributed by atoms with Gasteiger partial charge in [-0.2, -0.15) is 0 Å². The fourth-order valence-electron chi connectivity index (χ4n) is 1.64. The molecule has 0 bridgehead atoms. The van der Waals surface area contributed by atoms with E-state index in [2.05, 4.69) is 0 Å². The molecule has 0 fully saturated rings. The van der Waals surface area contributed by atoms with Crippen LogP contribution >= 0.6 is 0 Å². The van der Waals surface area contributed by atoms with Gasteiger partial charge in [0, 0.05) is 6.07 Å². The number of carbonyl (C=O) groups is 3. The summed E-state index contributed by atoms with van der Waals surface area (Å²) in [5.41, 5.74) is -0.177. The molecule has 0 aliphatic carbocycles. The number of sulfone groups is 1. The molecular formula is C14H10O7S. The lowest BCUT2D eigenvalue weighted by atomic mass is 10.1. The van der Waals surface area contributed by atoms with E-state index < -0.39 is 38.9 Å². The first kappa shape index (κ1) is 15.6. The molecule has 22 heavy (non-hydrogen) atoms. The average Bonchev–Trinajstić information content (AvgIpc) is 2.98. The van der Waals surface area contributed by atoms with Gasteiger partial charge in [0.1, 0.15) is 6.26 Å². The quantitative estimate of drug-likeness (QED) is 0.484.